The van der Waals surface area contributed by atoms with Crippen molar-refractivity contribution in [3.63, 3.8) is 0 Å². The Morgan fingerprint density at radius 2 is 0.778 bits per heavy atom. The van der Waals surface area contributed by atoms with Crippen molar-refractivity contribution < 1.29 is 15.3 Å². The molecule has 0 spiro atoms. The van der Waals surface area contributed by atoms with Crippen molar-refractivity contribution in [1.29, 1.82) is 0 Å². The fourth-order valence-electron chi connectivity index (χ4n) is 9.10. The van der Waals surface area contributed by atoms with E-state index in [1.165, 1.54) is 87.3 Å². The highest BCUT2D eigenvalue weighted by Crippen LogP contribution is 2.51. The van der Waals surface area contributed by atoms with Crippen molar-refractivity contribution in [3.8, 4) is 17.2 Å². The molecule has 0 fully saturated rings. The standard InChI is InChI=1S/C51H80O3/c1-15-16-17-18-19-20-21-22-23-24-25-26-27-51(40-32-43(49(9,10)11)46(53)29-36(40)3,41-33-44(50(12,13)14)47(54)30-37(41)4)34-38(5)39-31-42(48(6,7)8)45(52)28-35(39)2/h28-33,38,52-54H,15-27,34H2,1-14H3. The molecule has 0 heterocycles. The summed E-state index contributed by atoms with van der Waals surface area (Å²) in [5.74, 6) is 1.25. The Hall–Kier alpha value is -2.94. The van der Waals surface area contributed by atoms with Crippen molar-refractivity contribution in [2.24, 2.45) is 0 Å². The first kappa shape index (κ1) is 45.4. The van der Waals surface area contributed by atoms with E-state index >= 15 is 0 Å². The van der Waals surface area contributed by atoms with E-state index in [4.69, 9.17) is 0 Å². The molecule has 0 aromatic heterocycles. The van der Waals surface area contributed by atoms with Gasteiger partial charge in [0.1, 0.15) is 17.2 Å². The number of phenolic OH excluding ortho intramolecular Hbond substituents is 3. The minimum atomic E-state index is -0.389. The predicted octanol–water partition coefficient (Wildman–Crippen LogP) is 15.2. The van der Waals surface area contributed by atoms with E-state index in [-0.39, 0.29) is 27.6 Å². The molecular formula is C51H80O3. The van der Waals surface area contributed by atoms with Gasteiger partial charge in [-0.15, -0.1) is 0 Å². The molecule has 0 aliphatic rings. The van der Waals surface area contributed by atoms with Crippen LogP contribution in [0, 0.1) is 20.8 Å². The molecule has 0 aliphatic carbocycles. The third kappa shape index (κ3) is 11.5. The summed E-state index contributed by atoms with van der Waals surface area (Å²) in [7, 11) is 0. The van der Waals surface area contributed by atoms with Gasteiger partial charge in [-0.05, 0) is 124 Å². The summed E-state index contributed by atoms with van der Waals surface area (Å²) in [6, 6.07) is 12.9. The number of phenols is 3. The van der Waals surface area contributed by atoms with Crippen LogP contribution in [0.3, 0.4) is 0 Å². The first-order chi connectivity index (χ1) is 25.0. The van der Waals surface area contributed by atoms with Crippen LogP contribution in [0.15, 0.2) is 36.4 Å². The van der Waals surface area contributed by atoms with E-state index in [2.05, 4.69) is 115 Å². The number of hydrogen-bond donors (Lipinski definition) is 3. The van der Waals surface area contributed by atoms with E-state index in [9.17, 15) is 15.3 Å². The highest BCUT2D eigenvalue weighted by Gasteiger charge is 2.41. The highest BCUT2D eigenvalue weighted by molar-refractivity contribution is 5.56. The van der Waals surface area contributed by atoms with E-state index in [1.807, 2.05) is 18.2 Å². The second-order valence-electron chi connectivity index (χ2n) is 20.2. The lowest BCUT2D eigenvalue weighted by atomic mass is 9.62. The van der Waals surface area contributed by atoms with Crippen LogP contribution >= 0.6 is 0 Å². The number of unbranched alkanes of at least 4 members (excludes halogenated alkanes) is 11. The molecule has 3 N–H and O–H groups in total. The Morgan fingerprint density at radius 3 is 1.15 bits per heavy atom. The molecule has 3 heteroatoms. The van der Waals surface area contributed by atoms with Crippen LogP contribution in [0.1, 0.15) is 222 Å². The van der Waals surface area contributed by atoms with Crippen molar-refractivity contribution >= 4 is 0 Å². The first-order valence-electron chi connectivity index (χ1n) is 21.6. The lowest BCUT2D eigenvalue weighted by molar-refractivity contribution is 0.375. The Balaban J connectivity index is 2.20. The van der Waals surface area contributed by atoms with Crippen LogP contribution < -0.4 is 0 Å². The second kappa shape index (κ2) is 18.8. The van der Waals surface area contributed by atoms with Crippen LogP contribution in [0.5, 0.6) is 17.2 Å². The van der Waals surface area contributed by atoms with Crippen LogP contribution in [0.4, 0.5) is 0 Å². The molecule has 0 bridgehead atoms. The molecule has 0 saturated carbocycles. The molecule has 0 amide bonds. The fraction of sp³-hybridized carbons (Fsp3) is 0.647. The largest absolute Gasteiger partial charge is 0.508 e. The van der Waals surface area contributed by atoms with Crippen LogP contribution in [0.25, 0.3) is 0 Å². The maximum atomic E-state index is 11.4. The van der Waals surface area contributed by atoms with Gasteiger partial charge in [0.15, 0.2) is 0 Å². The summed E-state index contributed by atoms with van der Waals surface area (Å²) in [5, 5.41) is 33.9. The summed E-state index contributed by atoms with van der Waals surface area (Å²) in [4.78, 5) is 0. The van der Waals surface area contributed by atoms with E-state index < -0.39 is 0 Å². The van der Waals surface area contributed by atoms with Gasteiger partial charge in [0.05, 0.1) is 0 Å². The van der Waals surface area contributed by atoms with E-state index in [1.54, 1.807) is 0 Å². The van der Waals surface area contributed by atoms with Gasteiger partial charge < -0.3 is 15.3 Å². The summed E-state index contributed by atoms with van der Waals surface area (Å²) < 4.78 is 0. The molecule has 1 atom stereocenters. The molecule has 0 saturated heterocycles. The average Bonchev–Trinajstić information content (AvgIpc) is 3.03. The topological polar surface area (TPSA) is 60.7 Å². The first-order valence-corrected chi connectivity index (χ1v) is 21.6. The van der Waals surface area contributed by atoms with Crippen molar-refractivity contribution in [1.82, 2.24) is 0 Å². The van der Waals surface area contributed by atoms with Gasteiger partial charge in [-0.2, -0.15) is 0 Å². The zero-order valence-electron chi connectivity index (χ0n) is 37.3. The SMILES string of the molecule is CCCCCCCCCCCCCCC(CC(C)c1cc(C(C)(C)C)c(O)cc1C)(c1cc(C(C)(C)C)c(O)cc1C)c1cc(C(C)(C)C)c(O)cc1C. The second-order valence-corrected chi connectivity index (χ2v) is 20.2. The summed E-state index contributed by atoms with van der Waals surface area (Å²) in [6.45, 7) is 30.8. The number of aromatic hydroxyl groups is 3. The highest BCUT2D eigenvalue weighted by atomic mass is 16.3. The van der Waals surface area contributed by atoms with Crippen molar-refractivity contribution in [2.75, 3.05) is 0 Å². The molecule has 3 aromatic rings. The minimum absolute atomic E-state index is 0.168. The smallest absolute Gasteiger partial charge is 0.119 e. The molecule has 3 nitrogen and oxygen atoms in total. The Labute approximate surface area is 332 Å². The van der Waals surface area contributed by atoms with Gasteiger partial charge in [-0.1, -0.05) is 171 Å². The zero-order valence-corrected chi connectivity index (χ0v) is 37.3. The minimum Gasteiger partial charge on any atom is -0.508 e. The van der Waals surface area contributed by atoms with Gasteiger partial charge in [0.2, 0.25) is 0 Å². The van der Waals surface area contributed by atoms with Crippen molar-refractivity contribution in [3.05, 3.63) is 86.5 Å². The van der Waals surface area contributed by atoms with Crippen LogP contribution in [-0.4, -0.2) is 15.3 Å². The average molecular weight is 741 g/mol. The number of aryl methyl sites for hydroxylation is 3. The number of benzene rings is 3. The van der Waals surface area contributed by atoms with Gasteiger partial charge in [-0.3, -0.25) is 0 Å². The number of hydrogen-bond acceptors (Lipinski definition) is 3. The molecular weight excluding hydrogens is 661 g/mol. The normalized spacial score (nSPS) is 13.4. The maximum Gasteiger partial charge on any atom is 0.119 e. The van der Waals surface area contributed by atoms with Crippen LogP contribution in [0.2, 0.25) is 0 Å². The third-order valence-electron chi connectivity index (χ3n) is 12.2. The van der Waals surface area contributed by atoms with E-state index in [0.29, 0.717) is 17.2 Å². The van der Waals surface area contributed by atoms with Crippen LogP contribution in [-0.2, 0) is 21.7 Å². The predicted molar refractivity (Wildman–Crippen MR) is 234 cm³/mol. The summed E-state index contributed by atoms with van der Waals surface area (Å²) >= 11 is 0. The third-order valence-corrected chi connectivity index (χ3v) is 12.2. The van der Waals surface area contributed by atoms with Gasteiger partial charge in [-0.25, -0.2) is 0 Å². The molecule has 3 aromatic carbocycles. The summed E-state index contributed by atoms with van der Waals surface area (Å²) in [6.07, 6.45) is 17.5. The quantitative estimate of drug-likeness (QED) is 0.114. The monoisotopic (exact) mass is 741 g/mol. The fourth-order valence-corrected chi connectivity index (χ4v) is 9.10. The maximum absolute atomic E-state index is 11.4. The molecule has 0 aliphatic heterocycles. The van der Waals surface area contributed by atoms with Gasteiger partial charge in [0, 0.05) is 5.41 Å². The Kier molecular flexibility index (Phi) is 15.8. The molecule has 0 radical (unpaired) electrons. The van der Waals surface area contributed by atoms with Crippen molar-refractivity contribution in [2.45, 2.75) is 214 Å². The molecule has 302 valence electrons. The lowest BCUT2D eigenvalue weighted by Gasteiger charge is -2.42. The number of rotatable bonds is 18. The molecule has 3 rings (SSSR count). The van der Waals surface area contributed by atoms with Gasteiger partial charge >= 0.3 is 0 Å². The lowest BCUT2D eigenvalue weighted by Crippen LogP contribution is -2.33. The zero-order chi connectivity index (χ0) is 40.6. The summed E-state index contributed by atoms with van der Waals surface area (Å²) in [5.41, 5.74) is 9.02. The van der Waals surface area contributed by atoms with E-state index in [0.717, 1.165) is 52.6 Å². The Morgan fingerprint density at radius 1 is 0.444 bits per heavy atom. The molecule has 54 heavy (non-hydrogen) atoms. The molecule has 1 unspecified atom stereocenters. The Bertz CT molecular complexity index is 1590. The van der Waals surface area contributed by atoms with Gasteiger partial charge in [0.25, 0.3) is 0 Å².